The van der Waals surface area contributed by atoms with Crippen LogP contribution in [0.25, 0.3) is 0 Å². The number of benzene rings is 2. The Bertz CT molecular complexity index is 808. The van der Waals surface area contributed by atoms with Crippen molar-refractivity contribution in [2.24, 2.45) is 0 Å². The summed E-state index contributed by atoms with van der Waals surface area (Å²) < 4.78 is 10.8. The summed E-state index contributed by atoms with van der Waals surface area (Å²) in [5.41, 5.74) is 3.50. The molecule has 0 bridgehead atoms. The summed E-state index contributed by atoms with van der Waals surface area (Å²) in [6, 6.07) is 14.3. The summed E-state index contributed by atoms with van der Waals surface area (Å²) in [7, 11) is 7.32. The second-order valence-corrected chi connectivity index (χ2v) is 7.22. The quantitative estimate of drug-likeness (QED) is 0.833. The molecule has 2 aromatic carbocycles. The van der Waals surface area contributed by atoms with Crippen LogP contribution in [-0.4, -0.2) is 57.2 Å². The van der Waals surface area contributed by atoms with Crippen molar-refractivity contribution in [2.45, 2.75) is 19.0 Å². The Balaban J connectivity index is 1.66. The summed E-state index contributed by atoms with van der Waals surface area (Å²) in [6.07, 6.45) is 0.804. The molecule has 0 radical (unpaired) electrons. The Hall–Kier alpha value is -2.73. The van der Waals surface area contributed by atoms with E-state index in [4.69, 9.17) is 9.47 Å². The smallest absolute Gasteiger partial charge is 0.317 e. The van der Waals surface area contributed by atoms with Crippen molar-refractivity contribution < 1.29 is 14.3 Å². The molecule has 0 saturated heterocycles. The highest BCUT2D eigenvalue weighted by Gasteiger charge is 2.24. The van der Waals surface area contributed by atoms with Crippen molar-refractivity contribution in [3.8, 4) is 11.5 Å². The van der Waals surface area contributed by atoms with Gasteiger partial charge in [-0.15, -0.1) is 0 Å². The van der Waals surface area contributed by atoms with Crippen LogP contribution in [0.1, 0.15) is 22.7 Å². The fourth-order valence-electron chi connectivity index (χ4n) is 3.63. The van der Waals surface area contributed by atoms with Crippen LogP contribution in [-0.2, 0) is 13.0 Å². The maximum atomic E-state index is 12.8. The molecule has 3 rings (SSSR count). The summed E-state index contributed by atoms with van der Waals surface area (Å²) in [5.74, 6) is 1.43. The van der Waals surface area contributed by atoms with Gasteiger partial charge < -0.3 is 24.6 Å². The van der Waals surface area contributed by atoms with E-state index >= 15 is 0 Å². The lowest BCUT2D eigenvalue weighted by molar-refractivity contribution is 0.187. The lowest BCUT2D eigenvalue weighted by Crippen LogP contribution is -2.45. The van der Waals surface area contributed by atoms with Crippen LogP contribution in [0.4, 0.5) is 4.79 Å². The van der Waals surface area contributed by atoms with Gasteiger partial charge in [0.15, 0.2) is 11.5 Å². The largest absolute Gasteiger partial charge is 0.493 e. The molecular weight excluding hydrogens is 354 g/mol. The summed E-state index contributed by atoms with van der Waals surface area (Å²) in [5, 5.41) is 3.10. The summed E-state index contributed by atoms with van der Waals surface area (Å²) in [4.78, 5) is 16.8. The van der Waals surface area contributed by atoms with E-state index < -0.39 is 0 Å². The highest BCUT2D eigenvalue weighted by molar-refractivity contribution is 5.74. The molecule has 0 aliphatic carbocycles. The van der Waals surface area contributed by atoms with Gasteiger partial charge in [-0.25, -0.2) is 4.79 Å². The van der Waals surface area contributed by atoms with Crippen molar-refractivity contribution in [1.82, 2.24) is 15.1 Å². The van der Waals surface area contributed by atoms with Gasteiger partial charge in [-0.3, -0.25) is 0 Å². The molecule has 6 heteroatoms. The van der Waals surface area contributed by atoms with E-state index in [9.17, 15) is 4.79 Å². The number of carbonyl (C=O) groups excluding carboxylic acids is 1. The van der Waals surface area contributed by atoms with E-state index in [2.05, 4.69) is 22.3 Å². The Morgan fingerprint density at radius 3 is 2.36 bits per heavy atom. The number of hydrogen-bond donors (Lipinski definition) is 1. The molecule has 0 unspecified atom stereocenters. The van der Waals surface area contributed by atoms with Crippen molar-refractivity contribution in [3.63, 3.8) is 0 Å². The first kappa shape index (κ1) is 20.0. The van der Waals surface area contributed by atoms with Gasteiger partial charge in [-0.1, -0.05) is 30.3 Å². The van der Waals surface area contributed by atoms with Crippen LogP contribution >= 0.6 is 0 Å². The molecule has 0 saturated carbocycles. The third kappa shape index (κ3) is 4.39. The van der Waals surface area contributed by atoms with Gasteiger partial charge in [0, 0.05) is 19.6 Å². The van der Waals surface area contributed by atoms with E-state index in [1.54, 1.807) is 14.2 Å². The molecule has 0 aromatic heterocycles. The van der Waals surface area contributed by atoms with Gasteiger partial charge in [0.25, 0.3) is 0 Å². The van der Waals surface area contributed by atoms with E-state index in [1.165, 1.54) is 11.1 Å². The van der Waals surface area contributed by atoms with Crippen LogP contribution in [0.2, 0.25) is 0 Å². The molecular formula is C22H29N3O3. The number of hydrogen-bond acceptors (Lipinski definition) is 4. The zero-order chi connectivity index (χ0) is 20.1. The standard InChI is InChI=1S/C22H29N3O3/c1-24(2)19(16-8-6-5-7-9-16)14-23-22(26)25-11-10-17-12-20(27-3)21(28-4)13-18(17)15-25/h5-9,12-13,19H,10-11,14-15H2,1-4H3,(H,23,26)/t19-/m1/s1. The number of fused-ring (bicyclic) bond motifs is 1. The van der Waals surface area contributed by atoms with Gasteiger partial charge in [-0.05, 0) is 49.3 Å². The Labute approximate surface area is 167 Å². The van der Waals surface area contributed by atoms with E-state index in [1.807, 2.05) is 49.3 Å². The number of amides is 2. The third-order valence-corrected chi connectivity index (χ3v) is 5.26. The summed E-state index contributed by atoms with van der Waals surface area (Å²) in [6.45, 7) is 1.82. The molecule has 6 nitrogen and oxygen atoms in total. The number of nitrogens with one attached hydrogen (secondary N) is 1. The highest BCUT2D eigenvalue weighted by atomic mass is 16.5. The maximum Gasteiger partial charge on any atom is 0.317 e. The van der Waals surface area contributed by atoms with Crippen molar-refractivity contribution in [2.75, 3.05) is 41.4 Å². The van der Waals surface area contributed by atoms with Gasteiger partial charge in [-0.2, -0.15) is 0 Å². The fourth-order valence-corrected chi connectivity index (χ4v) is 3.63. The molecule has 0 spiro atoms. The van der Waals surface area contributed by atoms with E-state index in [0.717, 1.165) is 17.7 Å². The molecule has 28 heavy (non-hydrogen) atoms. The monoisotopic (exact) mass is 383 g/mol. The number of methoxy groups -OCH3 is 2. The lowest BCUT2D eigenvalue weighted by atomic mass is 9.99. The number of carbonyl (C=O) groups is 1. The predicted molar refractivity (Wildman–Crippen MR) is 110 cm³/mol. The van der Waals surface area contributed by atoms with Crippen LogP contribution in [0, 0.1) is 0 Å². The number of ether oxygens (including phenoxy) is 2. The van der Waals surface area contributed by atoms with Crippen molar-refractivity contribution in [1.29, 1.82) is 0 Å². The zero-order valence-electron chi connectivity index (χ0n) is 17.1. The minimum atomic E-state index is -0.0387. The average Bonchev–Trinajstić information content (AvgIpc) is 2.72. The first-order valence-corrected chi connectivity index (χ1v) is 9.51. The molecule has 1 atom stereocenters. The maximum absolute atomic E-state index is 12.8. The molecule has 1 aliphatic rings. The summed E-state index contributed by atoms with van der Waals surface area (Å²) >= 11 is 0. The zero-order valence-corrected chi connectivity index (χ0v) is 17.1. The molecule has 1 heterocycles. The number of urea groups is 1. The van der Waals surface area contributed by atoms with Gasteiger partial charge in [0.05, 0.1) is 20.3 Å². The highest BCUT2D eigenvalue weighted by Crippen LogP contribution is 2.33. The normalized spacial score (nSPS) is 14.4. The molecule has 0 fully saturated rings. The average molecular weight is 383 g/mol. The molecule has 2 amide bonds. The second kappa shape index (κ2) is 8.97. The predicted octanol–water partition coefficient (Wildman–Crippen LogP) is 3.07. The Kier molecular flexibility index (Phi) is 6.41. The van der Waals surface area contributed by atoms with E-state index in [-0.39, 0.29) is 12.1 Å². The van der Waals surface area contributed by atoms with Gasteiger partial charge in [0.1, 0.15) is 0 Å². The number of likely N-dealkylation sites (N-methyl/N-ethyl adjacent to an activating group) is 1. The number of rotatable bonds is 6. The van der Waals surface area contributed by atoms with Crippen molar-refractivity contribution >= 4 is 6.03 Å². The molecule has 1 aliphatic heterocycles. The Morgan fingerprint density at radius 2 is 1.75 bits per heavy atom. The minimum Gasteiger partial charge on any atom is -0.493 e. The van der Waals surface area contributed by atoms with Gasteiger partial charge >= 0.3 is 6.03 Å². The van der Waals surface area contributed by atoms with Crippen LogP contribution in [0.3, 0.4) is 0 Å². The van der Waals surface area contributed by atoms with Crippen molar-refractivity contribution in [3.05, 3.63) is 59.2 Å². The van der Waals surface area contributed by atoms with Crippen LogP contribution in [0.15, 0.2) is 42.5 Å². The topological polar surface area (TPSA) is 54.0 Å². The SMILES string of the molecule is COc1cc2c(cc1OC)CN(C(=O)NC[C@H](c1ccccc1)N(C)C)CC2. The first-order chi connectivity index (χ1) is 13.5. The molecule has 150 valence electrons. The molecule has 2 aromatic rings. The van der Waals surface area contributed by atoms with Crippen LogP contribution < -0.4 is 14.8 Å². The first-order valence-electron chi connectivity index (χ1n) is 9.51. The van der Waals surface area contributed by atoms with Crippen LogP contribution in [0.5, 0.6) is 11.5 Å². The lowest BCUT2D eigenvalue weighted by Gasteiger charge is -2.31. The fraction of sp³-hybridized carbons (Fsp3) is 0.409. The second-order valence-electron chi connectivity index (χ2n) is 7.22. The molecule has 1 N–H and O–H groups in total. The van der Waals surface area contributed by atoms with Gasteiger partial charge in [0.2, 0.25) is 0 Å². The number of nitrogens with zero attached hydrogens (tertiary/aromatic N) is 2. The third-order valence-electron chi connectivity index (χ3n) is 5.26. The Morgan fingerprint density at radius 1 is 1.11 bits per heavy atom. The van der Waals surface area contributed by atoms with E-state index in [0.29, 0.717) is 25.4 Å². The minimum absolute atomic E-state index is 0.0387.